The maximum Gasteiger partial charge on any atom is 0.276 e. The van der Waals surface area contributed by atoms with E-state index in [1.807, 2.05) is 65.0 Å². The van der Waals surface area contributed by atoms with Crippen LogP contribution in [0, 0.1) is 5.82 Å². The topological polar surface area (TPSA) is 79.2 Å². The number of rotatable bonds is 7. The molecule has 40 heavy (non-hydrogen) atoms. The molecule has 1 saturated carbocycles. The van der Waals surface area contributed by atoms with Gasteiger partial charge in [0.1, 0.15) is 22.9 Å². The molecule has 1 N–H and O–H groups in total. The van der Waals surface area contributed by atoms with Gasteiger partial charge in [-0.15, -0.1) is 0 Å². The highest BCUT2D eigenvalue weighted by atomic mass is 19.1. The number of pyridine rings is 1. The Kier molecular flexibility index (Phi) is 7.04. The fourth-order valence-corrected chi connectivity index (χ4v) is 4.97. The Morgan fingerprint density at radius 2 is 1.75 bits per heavy atom. The Balaban J connectivity index is 1.24. The van der Waals surface area contributed by atoms with Gasteiger partial charge in [-0.2, -0.15) is 5.10 Å². The summed E-state index contributed by atoms with van der Waals surface area (Å²) >= 11 is 0. The minimum atomic E-state index is -0.641. The van der Waals surface area contributed by atoms with E-state index in [9.17, 15) is 9.59 Å². The Morgan fingerprint density at radius 1 is 1.00 bits per heavy atom. The molecule has 204 valence electrons. The Labute approximate surface area is 231 Å². The third-order valence-electron chi connectivity index (χ3n) is 7.35. The number of halogens is 1. The molecule has 1 saturated heterocycles. The van der Waals surface area contributed by atoms with Gasteiger partial charge in [0.15, 0.2) is 0 Å². The summed E-state index contributed by atoms with van der Waals surface area (Å²) in [5.41, 5.74) is 3.74. The molecule has 3 aromatic carbocycles. The molecule has 2 heterocycles. The third kappa shape index (κ3) is 5.46. The zero-order valence-electron chi connectivity index (χ0n) is 22.2. The van der Waals surface area contributed by atoms with E-state index in [2.05, 4.69) is 15.4 Å². The lowest BCUT2D eigenvalue weighted by Gasteiger charge is -2.34. The molecule has 1 amide bonds. The summed E-state index contributed by atoms with van der Waals surface area (Å²) in [6.45, 7) is 3.12. The van der Waals surface area contributed by atoms with Crippen LogP contribution in [0.2, 0.25) is 0 Å². The minimum absolute atomic E-state index is 0.0653. The van der Waals surface area contributed by atoms with Gasteiger partial charge in [0.05, 0.1) is 17.4 Å². The predicted octanol–water partition coefficient (Wildman–Crippen LogP) is 4.78. The molecule has 1 aliphatic heterocycles. The molecule has 2 aliphatic rings. The minimum Gasteiger partial charge on any atom is -0.457 e. The number of aromatic nitrogens is 1. The van der Waals surface area contributed by atoms with Crippen LogP contribution in [0.5, 0.6) is 11.5 Å². The summed E-state index contributed by atoms with van der Waals surface area (Å²) < 4.78 is 23.1. The summed E-state index contributed by atoms with van der Waals surface area (Å²) in [6.07, 6.45) is 4.96. The summed E-state index contributed by atoms with van der Waals surface area (Å²) in [6, 6.07) is 19.9. The average molecular weight is 540 g/mol. The van der Waals surface area contributed by atoms with Gasteiger partial charge in [0.25, 0.3) is 5.91 Å². The second kappa shape index (κ2) is 10.9. The molecule has 1 aromatic heterocycles. The number of anilines is 1. The highest BCUT2D eigenvalue weighted by molar-refractivity contribution is 5.98. The number of likely N-dealkylation sites (N-methyl/N-ethyl adjacent to an activating group) is 1. The first-order chi connectivity index (χ1) is 19.5. The molecule has 4 aromatic rings. The third-order valence-corrected chi connectivity index (χ3v) is 7.35. The highest BCUT2D eigenvalue weighted by Crippen LogP contribution is 2.38. The van der Waals surface area contributed by atoms with Crippen LogP contribution < -0.4 is 20.5 Å². The van der Waals surface area contributed by atoms with E-state index >= 15 is 4.39 Å². The fourth-order valence-electron chi connectivity index (χ4n) is 4.97. The molecule has 0 atom stereocenters. The van der Waals surface area contributed by atoms with E-state index in [0.717, 1.165) is 25.9 Å². The number of para-hydroxylation sites is 1. The van der Waals surface area contributed by atoms with Gasteiger partial charge in [0.2, 0.25) is 5.43 Å². The van der Waals surface area contributed by atoms with Crippen molar-refractivity contribution in [1.82, 2.24) is 14.9 Å². The number of carbonyl (C=O) groups is 1. The monoisotopic (exact) mass is 539 g/mol. The zero-order valence-corrected chi connectivity index (χ0v) is 22.2. The van der Waals surface area contributed by atoms with Crippen molar-refractivity contribution in [3.63, 3.8) is 0 Å². The van der Waals surface area contributed by atoms with E-state index in [1.165, 1.54) is 12.3 Å². The van der Waals surface area contributed by atoms with Crippen molar-refractivity contribution >= 4 is 28.7 Å². The lowest BCUT2D eigenvalue weighted by atomic mass is 10.1. The SMILES string of the molecule is CN1CCN(c2cc3c(cc2F)c(=O)c(C(=O)N/N=C\c2cccc(Oc4ccccc4)c2)cn3C2CC2)CC1. The summed E-state index contributed by atoms with van der Waals surface area (Å²) in [4.78, 5) is 30.7. The Morgan fingerprint density at radius 3 is 2.50 bits per heavy atom. The predicted molar refractivity (Wildman–Crippen MR) is 154 cm³/mol. The van der Waals surface area contributed by atoms with Gasteiger partial charge in [-0.3, -0.25) is 9.59 Å². The van der Waals surface area contributed by atoms with Crippen LogP contribution in [0.4, 0.5) is 10.1 Å². The van der Waals surface area contributed by atoms with Gasteiger partial charge in [-0.1, -0.05) is 30.3 Å². The molecule has 6 rings (SSSR count). The second-order valence-corrected chi connectivity index (χ2v) is 10.3. The van der Waals surface area contributed by atoms with Crippen LogP contribution in [0.25, 0.3) is 10.9 Å². The number of nitrogens with zero attached hydrogens (tertiary/aromatic N) is 4. The van der Waals surface area contributed by atoms with E-state index in [4.69, 9.17) is 4.74 Å². The molecule has 2 fully saturated rings. The van der Waals surface area contributed by atoms with Crippen molar-refractivity contribution < 1.29 is 13.9 Å². The summed E-state index contributed by atoms with van der Waals surface area (Å²) in [5, 5.41) is 4.26. The molecular weight excluding hydrogens is 509 g/mol. The van der Waals surface area contributed by atoms with Gasteiger partial charge >= 0.3 is 0 Å². The summed E-state index contributed by atoms with van der Waals surface area (Å²) in [5.74, 6) is 0.240. The lowest BCUT2D eigenvalue weighted by Crippen LogP contribution is -2.44. The maximum absolute atomic E-state index is 15.3. The number of benzene rings is 3. The van der Waals surface area contributed by atoms with Crippen LogP contribution in [0.1, 0.15) is 34.8 Å². The van der Waals surface area contributed by atoms with Crippen LogP contribution in [0.3, 0.4) is 0 Å². The van der Waals surface area contributed by atoms with Gasteiger partial charge in [-0.05, 0) is 61.9 Å². The molecule has 9 heteroatoms. The number of carbonyl (C=O) groups excluding carboxylic acids is 1. The molecule has 8 nitrogen and oxygen atoms in total. The van der Waals surface area contributed by atoms with E-state index < -0.39 is 17.2 Å². The molecular formula is C31H30FN5O3. The van der Waals surface area contributed by atoms with E-state index in [1.54, 1.807) is 18.3 Å². The number of ether oxygens (including phenoxy) is 1. The van der Waals surface area contributed by atoms with Crippen molar-refractivity contribution in [3.05, 3.63) is 100 Å². The number of hydrazone groups is 1. The van der Waals surface area contributed by atoms with Gasteiger partial charge in [0, 0.05) is 43.8 Å². The zero-order chi connectivity index (χ0) is 27.6. The standard InChI is InChI=1S/C31H30FN5O3/c1-35-12-14-36(15-13-35)29-18-28-25(17-27(29)32)30(38)26(20-37(28)22-10-11-22)31(39)34-33-19-21-6-5-9-24(16-21)40-23-7-3-2-4-8-23/h2-9,16-20,22H,10-15H2,1H3,(H,34,39)/b33-19-. The first-order valence-corrected chi connectivity index (χ1v) is 13.4. The van der Waals surface area contributed by atoms with Crippen molar-refractivity contribution in [2.24, 2.45) is 5.10 Å². The molecule has 0 radical (unpaired) electrons. The highest BCUT2D eigenvalue weighted by Gasteiger charge is 2.28. The molecule has 0 unspecified atom stereocenters. The quantitative estimate of drug-likeness (QED) is 0.270. The van der Waals surface area contributed by atoms with Crippen molar-refractivity contribution in [1.29, 1.82) is 0 Å². The largest absolute Gasteiger partial charge is 0.457 e. The normalized spacial score (nSPS) is 16.0. The second-order valence-electron chi connectivity index (χ2n) is 10.3. The number of hydrogen-bond acceptors (Lipinski definition) is 6. The Bertz CT molecular complexity index is 1640. The number of piperazine rings is 1. The van der Waals surface area contributed by atoms with Crippen LogP contribution in [-0.2, 0) is 0 Å². The van der Waals surface area contributed by atoms with E-state index in [0.29, 0.717) is 41.4 Å². The maximum atomic E-state index is 15.3. The first-order valence-electron chi connectivity index (χ1n) is 13.4. The number of nitrogens with one attached hydrogen (secondary N) is 1. The van der Waals surface area contributed by atoms with Crippen LogP contribution in [-0.4, -0.2) is 54.8 Å². The van der Waals surface area contributed by atoms with Crippen molar-refractivity contribution in [2.45, 2.75) is 18.9 Å². The number of fused-ring (bicyclic) bond motifs is 1. The van der Waals surface area contributed by atoms with Crippen molar-refractivity contribution in [2.75, 3.05) is 38.1 Å². The lowest BCUT2D eigenvalue weighted by molar-refractivity contribution is 0.0953. The summed E-state index contributed by atoms with van der Waals surface area (Å²) in [7, 11) is 2.05. The van der Waals surface area contributed by atoms with Crippen LogP contribution >= 0.6 is 0 Å². The van der Waals surface area contributed by atoms with Crippen molar-refractivity contribution in [3.8, 4) is 11.5 Å². The number of hydrogen-bond donors (Lipinski definition) is 1. The van der Waals surface area contributed by atoms with Gasteiger partial charge < -0.3 is 19.1 Å². The smallest absolute Gasteiger partial charge is 0.276 e. The van der Waals surface area contributed by atoms with E-state index in [-0.39, 0.29) is 17.0 Å². The molecule has 1 aliphatic carbocycles. The molecule has 0 spiro atoms. The van der Waals surface area contributed by atoms with Crippen LogP contribution in [0.15, 0.2) is 82.8 Å². The number of amides is 1. The Hall–Kier alpha value is -4.50. The first kappa shape index (κ1) is 25.8. The average Bonchev–Trinajstić information content (AvgIpc) is 3.80. The molecule has 0 bridgehead atoms. The fraction of sp³-hybridized carbons (Fsp3) is 0.258. The van der Waals surface area contributed by atoms with Gasteiger partial charge in [-0.25, -0.2) is 9.82 Å².